The molecule has 0 amide bonds. The fourth-order valence-electron chi connectivity index (χ4n) is 2.43. The number of thioether (sulfide) groups is 1. The maximum absolute atomic E-state index is 11.0. The number of aliphatic carboxylic acids is 1. The second kappa shape index (κ2) is 9.26. The van der Waals surface area contributed by atoms with Gasteiger partial charge in [0.05, 0.1) is 23.3 Å². The molecule has 0 radical (unpaired) electrons. The van der Waals surface area contributed by atoms with Gasteiger partial charge in [-0.05, 0) is 35.9 Å². The molecule has 0 saturated heterocycles. The molecule has 6 nitrogen and oxygen atoms in total. The van der Waals surface area contributed by atoms with E-state index in [1.165, 1.54) is 18.4 Å². The summed E-state index contributed by atoms with van der Waals surface area (Å²) in [7, 11) is 1.52. The van der Waals surface area contributed by atoms with Crippen LogP contribution in [0.1, 0.15) is 10.6 Å². The predicted molar refractivity (Wildman–Crippen MR) is 109 cm³/mol. The zero-order valence-corrected chi connectivity index (χ0v) is 16.5. The highest BCUT2D eigenvalue weighted by Crippen LogP contribution is 2.36. The molecule has 0 aliphatic rings. The van der Waals surface area contributed by atoms with Crippen LogP contribution in [0, 0.1) is 11.3 Å². The third kappa shape index (κ3) is 4.82. The van der Waals surface area contributed by atoms with Crippen molar-refractivity contribution in [2.45, 2.75) is 0 Å². The Morgan fingerprint density at radius 2 is 2.14 bits per heavy atom. The average Bonchev–Trinajstić information content (AvgIpc) is 3.13. The fraction of sp³-hybridized carbons (Fsp3) is 0.150. The van der Waals surface area contributed by atoms with E-state index < -0.39 is 5.97 Å². The number of nitrogens with zero attached hydrogens (tertiary/aromatic N) is 2. The molecule has 0 fully saturated rings. The topological polar surface area (TPSA) is 95.3 Å². The van der Waals surface area contributed by atoms with Gasteiger partial charge in [0.25, 0.3) is 0 Å². The molecule has 3 rings (SSSR count). The fourth-order valence-corrected chi connectivity index (χ4v) is 4.27. The molecule has 0 aliphatic carbocycles. The maximum Gasteiger partial charge on any atom is 0.174 e. The first-order valence-electron chi connectivity index (χ1n) is 8.19. The molecule has 8 heteroatoms. The maximum atomic E-state index is 11.0. The summed E-state index contributed by atoms with van der Waals surface area (Å²) in [6.07, 6.45) is 1.85. The van der Waals surface area contributed by atoms with E-state index in [1.807, 2.05) is 42.5 Å². The normalized spacial score (nSPS) is 11.2. The Morgan fingerprint density at radius 1 is 1.32 bits per heavy atom. The van der Waals surface area contributed by atoms with Crippen molar-refractivity contribution in [3.8, 4) is 17.6 Å². The van der Waals surface area contributed by atoms with Crippen LogP contribution >= 0.6 is 23.1 Å². The SMILES string of the molecule is COc1cc(/C=C(\SCC(=O)[O-])c2nc3ccccc3s2)ccc1OCC#N. The Morgan fingerprint density at radius 3 is 2.86 bits per heavy atom. The highest BCUT2D eigenvalue weighted by Gasteiger charge is 2.11. The first-order chi connectivity index (χ1) is 13.6. The molecule has 28 heavy (non-hydrogen) atoms. The summed E-state index contributed by atoms with van der Waals surface area (Å²) >= 11 is 2.65. The number of ether oxygens (including phenoxy) is 2. The molecule has 0 aliphatic heterocycles. The van der Waals surface area contributed by atoms with Crippen molar-refractivity contribution in [1.29, 1.82) is 5.26 Å². The van der Waals surface area contributed by atoms with Gasteiger partial charge in [0.2, 0.25) is 0 Å². The van der Waals surface area contributed by atoms with Gasteiger partial charge in [0, 0.05) is 10.7 Å². The molecule has 1 aromatic heterocycles. The summed E-state index contributed by atoms with van der Waals surface area (Å²) in [6, 6.07) is 14.9. The van der Waals surface area contributed by atoms with Crippen LogP contribution in [0.5, 0.6) is 11.5 Å². The first-order valence-corrected chi connectivity index (χ1v) is 9.99. The highest BCUT2D eigenvalue weighted by molar-refractivity contribution is 8.09. The molecule has 1 heterocycles. The molecular weight excluding hydrogens is 396 g/mol. The van der Waals surface area contributed by atoms with E-state index in [9.17, 15) is 9.90 Å². The third-order valence-corrected chi connectivity index (χ3v) is 5.83. The van der Waals surface area contributed by atoms with Crippen molar-refractivity contribution in [2.24, 2.45) is 0 Å². The lowest BCUT2D eigenvalue weighted by molar-refractivity contribution is -0.301. The van der Waals surface area contributed by atoms with Crippen molar-refractivity contribution in [3.05, 3.63) is 53.0 Å². The number of rotatable bonds is 8. The van der Waals surface area contributed by atoms with Crippen LogP contribution in [0.3, 0.4) is 0 Å². The van der Waals surface area contributed by atoms with E-state index in [4.69, 9.17) is 14.7 Å². The van der Waals surface area contributed by atoms with Crippen LogP contribution in [0.2, 0.25) is 0 Å². The monoisotopic (exact) mass is 411 g/mol. The summed E-state index contributed by atoms with van der Waals surface area (Å²) in [5.41, 5.74) is 1.65. The van der Waals surface area contributed by atoms with Gasteiger partial charge in [-0.3, -0.25) is 0 Å². The quantitative estimate of drug-likeness (QED) is 0.562. The minimum absolute atomic E-state index is 0.0794. The molecule has 0 bridgehead atoms. The van der Waals surface area contributed by atoms with Gasteiger partial charge in [-0.1, -0.05) is 18.2 Å². The molecule has 142 valence electrons. The van der Waals surface area contributed by atoms with E-state index in [2.05, 4.69) is 4.98 Å². The third-order valence-electron chi connectivity index (χ3n) is 3.63. The van der Waals surface area contributed by atoms with Crippen molar-refractivity contribution in [2.75, 3.05) is 19.5 Å². The number of carboxylic acids is 1. The van der Waals surface area contributed by atoms with E-state index in [0.29, 0.717) is 11.5 Å². The Hall–Kier alpha value is -3.02. The van der Waals surface area contributed by atoms with Crippen LogP contribution in [-0.4, -0.2) is 30.4 Å². The number of carboxylic acid groups (broad SMARTS) is 1. The highest BCUT2D eigenvalue weighted by atomic mass is 32.2. The van der Waals surface area contributed by atoms with Gasteiger partial charge < -0.3 is 19.4 Å². The lowest BCUT2D eigenvalue weighted by atomic mass is 10.2. The standard InChI is InChI=1S/C20H16N2O4S2/c1-25-16-10-13(6-7-15(16)26-9-8-21)11-18(27-12-19(23)24)20-22-14-4-2-3-5-17(14)28-20/h2-7,10-11H,9,12H2,1H3,(H,23,24)/p-1/b18-11-. The second-order valence-electron chi connectivity index (χ2n) is 5.51. The molecule has 0 saturated carbocycles. The molecule has 0 N–H and O–H groups in total. The van der Waals surface area contributed by atoms with Gasteiger partial charge >= 0.3 is 0 Å². The van der Waals surface area contributed by atoms with Gasteiger partial charge in [-0.2, -0.15) is 5.26 Å². The number of carbonyl (C=O) groups excluding carboxylic acids is 1. The number of thiazole rings is 1. The van der Waals surface area contributed by atoms with Crippen molar-refractivity contribution < 1.29 is 19.4 Å². The lowest BCUT2D eigenvalue weighted by Crippen LogP contribution is -2.24. The zero-order chi connectivity index (χ0) is 19.9. The predicted octanol–water partition coefficient (Wildman–Crippen LogP) is 3.19. The second-order valence-corrected chi connectivity index (χ2v) is 7.56. The molecule has 2 aromatic carbocycles. The minimum atomic E-state index is -1.14. The van der Waals surface area contributed by atoms with Crippen LogP contribution in [-0.2, 0) is 4.79 Å². The Labute approximate surface area is 170 Å². The van der Waals surface area contributed by atoms with Gasteiger partial charge in [-0.15, -0.1) is 23.1 Å². The Kier molecular flexibility index (Phi) is 6.53. The van der Waals surface area contributed by atoms with E-state index in [0.717, 1.165) is 37.5 Å². The van der Waals surface area contributed by atoms with E-state index in [-0.39, 0.29) is 12.4 Å². The van der Waals surface area contributed by atoms with Crippen LogP contribution in [0.25, 0.3) is 21.2 Å². The number of benzene rings is 2. The number of carbonyl (C=O) groups is 1. The van der Waals surface area contributed by atoms with Gasteiger partial charge in [-0.25, -0.2) is 4.98 Å². The van der Waals surface area contributed by atoms with E-state index in [1.54, 1.807) is 12.1 Å². The number of nitriles is 1. The Balaban J connectivity index is 1.98. The van der Waals surface area contributed by atoms with Gasteiger partial charge in [0.1, 0.15) is 11.1 Å². The Bertz CT molecular complexity index is 1040. The smallest absolute Gasteiger partial charge is 0.174 e. The number of para-hydroxylation sites is 1. The summed E-state index contributed by atoms with van der Waals surface area (Å²) in [5.74, 6) is -0.375. The summed E-state index contributed by atoms with van der Waals surface area (Å²) in [6.45, 7) is -0.0794. The van der Waals surface area contributed by atoms with E-state index >= 15 is 0 Å². The van der Waals surface area contributed by atoms with Crippen LogP contribution < -0.4 is 14.6 Å². The lowest BCUT2D eigenvalue weighted by Gasteiger charge is -2.10. The van der Waals surface area contributed by atoms with Crippen molar-refractivity contribution in [3.63, 3.8) is 0 Å². The number of aromatic nitrogens is 1. The van der Waals surface area contributed by atoms with Gasteiger partial charge in [0.15, 0.2) is 18.1 Å². The first kappa shape index (κ1) is 19.7. The summed E-state index contributed by atoms with van der Waals surface area (Å²) in [4.78, 5) is 16.3. The number of hydrogen-bond acceptors (Lipinski definition) is 8. The average molecular weight is 411 g/mol. The largest absolute Gasteiger partial charge is 0.549 e. The molecule has 0 spiro atoms. The summed E-state index contributed by atoms with van der Waals surface area (Å²) < 4.78 is 11.7. The number of methoxy groups -OCH3 is 1. The minimum Gasteiger partial charge on any atom is -0.549 e. The molecule has 0 atom stereocenters. The van der Waals surface area contributed by atoms with Crippen LogP contribution in [0.4, 0.5) is 0 Å². The zero-order valence-electron chi connectivity index (χ0n) is 14.9. The van der Waals surface area contributed by atoms with Crippen LogP contribution in [0.15, 0.2) is 42.5 Å². The number of hydrogen-bond donors (Lipinski definition) is 0. The number of fused-ring (bicyclic) bond motifs is 1. The van der Waals surface area contributed by atoms with Crippen molar-refractivity contribution >= 4 is 50.3 Å². The molecular formula is C20H15N2O4S2-. The molecule has 3 aromatic rings. The molecule has 0 unspecified atom stereocenters. The van der Waals surface area contributed by atoms with Crippen molar-refractivity contribution in [1.82, 2.24) is 4.98 Å². The summed E-state index contributed by atoms with van der Waals surface area (Å²) in [5, 5.41) is 20.4.